The van der Waals surface area contributed by atoms with Crippen LogP contribution in [0.5, 0.6) is 5.75 Å². The van der Waals surface area contributed by atoms with Crippen LogP contribution in [0, 0.1) is 0 Å². The van der Waals surface area contributed by atoms with Gasteiger partial charge in [0.05, 0.1) is 12.1 Å². The summed E-state index contributed by atoms with van der Waals surface area (Å²) in [6.07, 6.45) is 0. The molecular formula is C16H17Cl2NO. The van der Waals surface area contributed by atoms with Crippen molar-refractivity contribution >= 4 is 23.2 Å². The van der Waals surface area contributed by atoms with Crippen molar-refractivity contribution in [3.8, 4) is 5.75 Å². The third-order valence-corrected chi connectivity index (χ3v) is 3.69. The Kier molecular flexibility index (Phi) is 5.30. The second kappa shape index (κ2) is 6.98. The second-order valence-corrected chi connectivity index (χ2v) is 5.44. The highest BCUT2D eigenvalue weighted by molar-refractivity contribution is 6.35. The highest BCUT2D eigenvalue weighted by Gasteiger charge is 2.11. The Morgan fingerprint density at radius 2 is 1.85 bits per heavy atom. The molecule has 0 bridgehead atoms. The van der Waals surface area contributed by atoms with Gasteiger partial charge in [-0.2, -0.15) is 0 Å². The van der Waals surface area contributed by atoms with Crippen molar-refractivity contribution in [3.05, 3.63) is 63.6 Å². The molecule has 0 amide bonds. The smallest absolute Gasteiger partial charge is 0.142 e. The molecule has 0 saturated carbocycles. The lowest BCUT2D eigenvalue weighted by atomic mass is 10.1. The van der Waals surface area contributed by atoms with Gasteiger partial charge >= 0.3 is 0 Å². The minimum Gasteiger partial charge on any atom is -0.495 e. The fraction of sp³-hybridized carbons (Fsp3) is 0.250. The van der Waals surface area contributed by atoms with Gasteiger partial charge in [0.25, 0.3) is 0 Å². The van der Waals surface area contributed by atoms with E-state index in [-0.39, 0.29) is 6.04 Å². The van der Waals surface area contributed by atoms with Crippen molar-refractivity contribution in [1.29, 1.82) is 0 Å². The SMILES string of the molecule is COc1c(Cl)cc(Cl)cc1CNC(C)c1ccccc1. The monoisotopic (exact) mass is 309 g/mol. The van der Waals surface area contributed by atoms with E-state index >= 15 is 0 Å². The summed E-state index contributed by atoms with van der Waals surface area (Å²) in [6, 6.07) is 14.1. The predicted molar refractivity (Wildman–Crippen MR) is 84.7 cm³/mol. The summed E-state index contributed by atoms with van der Waals surface area (Å²) >= 11 is 12.2. The van der Waals surface area contributed by atoms with E-state index < -0.39 is 0 Å². The number of nitrogens with one attached hydrogen (secondary N) is 1. The van der Waals surface area contributed by atoms with Crippen LogP contribution in [0.15, 0.2) is 42.5 Å². The van der Waals surface area contributed by atoms with E-state index in [0.717, 1.165) is 5.56 Å². The number of rotatable bonds is 5. The number of ether oxygens (including phenoxy) is 1. The van der Waals surface area contributed by atoms with Crippen LogP contribution in [0.1, 0.15) is 24.1 Å². The summed E-state index contributed by atoms with van der Waals surface area (Å²) in [6.45, 7) is 2.76. The maximum Gasteiger partial charge on any atom is 0.142 e. The van der Waals surface area contributed by atoms with Crippen molar-refractivity contribution in [3.63, 3.8) is 0 Å². The molecule has 0 aliphatic heterocycles. The lowest BCUT2D eigenvalue weighted by Gasteiger charge is -2.16. The predicted octanol–water partition coefficient (Wildman–Crippen LogP) is 4.85. The van der Waals surface area contributed by atoms with Gasteiger partial charge in [-0.25, -0.2) is 0 Å². The molecular weight excluding hydrogens is 293 g/mol. The summed E-state index contributed by atoms with van der Waals surface area (Å²) < 4.78 is 5.34. The number of hydrogen-bond acceptors (Lipinski definition) is 2. The molecule has 2 aromatic carbocycles. The molecule has 0 saturated heterocycles. The van der Waals surface area contributed by atoms with Crippen LogP contribution in [0.4, 0.5) is 0 Å². The van der Waals surface area contributed by atoms with Gasteiger partial charge in [0.15, 0.2) is 0 Å². The van der Waals surface area contributed by atoms with E-state index in [1.807, 2.05) is 24.3 Å². The summed E-state index contributed by atoms with van der Waals surface area (Å²) in [5, 5.41) is 4.59. The number of halogens is 2. The normalized spacial score (nSPS) is 12.2. The molecule has 2 aromatic rings. The van der Waals surface area contributed by atoms with E-state index in [9.17, 15) is 0 Å². The van der Waals surface area contributed by atoms with E-state index in [1.165, 1.54) is 5.56 Å². The molecule has 1 N–H and O–H groups in total. The average Bonchev–Trinajstić information content (AvgIpc) is 2.45. The Morgan fingerprint density at radius 3 is 2.50 bits per heavy atom. The standard InChI is InChI=1S/C16H17Cl2NO/c1-11(12-6-4-3-5-7-12)19-10-13-8-14(17)9-15(18)16(13)20-2/h3-9,11,19H,10H2,1-2H3. The zero-order chi connectivity index (χ0) is 14.5. The highest BCUT2D eigenvalue weighted by Crippen LogP contribution is 2.32. The van der Waals surface area contributed by atoms with Gasteiger partial charge in [0.1, 0.15) is 5.75 Å². The first-order chi connectivity index (χ1) is 9.61. The van der Waals surface area contributed by atoms with Crippen molar-refractivity contribution in [2.75, 3.05) is 7.11 Å². The summed E-state index contributed by atoms with van der Waals surface area (Å²) in [4.78, 5) is 0. The molecule has 0 spiro atoms. The van der Waals surface area contributed by atoms with Crippen molar-refractivity contribution in [1.82, 2.24) is 5.32 Å². The minimum atomic E-state index is 0.235. The largest absolute Gasteiger partial charge is 0.495 e. The van der Waals surface area contributed by atoms with Crippen molar-refractivity contribution < 1.29 is 4.74 Å². The van der Waals surface area contributed by atoms with Crippen molar-refractivity contribution in [2.24, 2.45) is 0 Å². The molecule has 4 heteroatoms. The molecule has 1 unspecified atom stereocenters. The van der Waals surface area contributed by atoms with Crippen LogP contribution in [-0.2, 0) is 6.54 Å². The van der Waals surface area contributed by atoms with E-state index in [4.69, 9.17) is 27.9 Å². The zero-order valence-electron chi connectivity index (χ0n) is 11.5. The van der Waals surface area contributed by atoms with Gasteiger partial charge in [-0.05, 0) is 24.6 Å². The van der Waals surface area contributed by atoms with Gasteiger partial charge in [-0.3, -0.25) is 0 Å². The lowest BCUT2D eigenvalue weighted by Crippen LogP contribution is -2.18. The summed E-state index contributed by atoms with van der Waals surface area (Å²) in [5.74, 6) is 0.670. The third kappa shape index (κ3) is 3.66. The fourth-order valence-corrected chi connectivity index (χ4v) is 2.71. The average molecular weight is 310 g/mol. The lowest BCUT2D eigenvalue weighted by molar-refractivity contribution is 0.406. The molecule has 0 radical (unpaired) electrons. The van der Waals surface area contributed by atoms with Crippen LogP contribution >= 0.6 is 23.2 Å². The van der Waals surface area contributed by atoms with Crippen LogP contribution in [0.25, 0.3) is 0 Å². The van der Waals surface area contributed by atoms with E-state index in [2.05, 4.69) is 24.4 Å². The molecule has 20 heavy (non-hydrogen) atoms. The number of benzene rings is 2. The topological polar surface area (TPSA) is 21.3 Å². The molecule has 1 atom stereocenters. The highest BCUT2D eigenvalue weighted by atomic mass is 35.5. The molecule has 106 valence electrons. The maximum atomic E-state index is 6.13. The zero-order valence-corrected chi connectivity index (χ0v) is 13.0. The van der Waals surface area contributed by atoms with Gasteiger partial charge in [-0.15, -0.1) is 0 Å². The maximum absolute atomic E-state index is 6.13. The van der Waals surface area contributed by atoms with E-state index in [0.29, 0.717) is 22.3 Å². The molecule has 0 fully saturated rings. The fourth-order valence-electron chi connectivity index (χ4n) is 2.10. The third-order valence-electron chi connectivity index (χ3n) is 3.19. The molecule has 2 rings (SSSR count). The number of hydrogen-bond donors (Lipinski definition) is 1. The second-order valence-electron chi connectivity index (χ2n) is 4.59. The molecule has 0 aromatic heterocycles. The molecule has 0 aliphatic rings. The first-order valence-corrected chi connectivity index (χ1v) is 7.17. The Labute approximate surface area is 129 Å². The van der Waals surface area contributed by atoms with Crippen LogP contribution in [0.2, 0.25) is 10.0 Å². The first kappa shape index (κ1) is 15.2. The Balaban J connectivity index is 2.11. The van der Waals surface area contributed by atoms with Gasteiger partial charge in [0, 0.05) is 23.2 Å². The number of methoxy groups -OCH3 is 1. The van der Waals surface area contributed by atoms with Gasteiger partial charge in [0.2, 0.25) is 0 Å². The van der Waals surface area contributed by atoms with Gasteiger partial charge in [-0.1, -0.05) is 53.5 Å². The molecule has 2 nitrogen and oxygen atoms in total. The van der Waals surface area contributed by atoms with Crippen LogP contribution in [0.3, 0.4) is 0 Å². The Morgan fingerprint density at radius 1 is 1.15 bits per heavy atom. The molecule has 0 aliphatic carbocycles. The summed E-state index contributed by atoms with van der Waals surface area (Å²) in [7, 11) is 1.61. The summed E-state index contributed by atoms with van der Waals surface area (Å²) in [5.41, 5.74) is 2.19. The van der Waals surface area contributed by atoms with E-state index in [1.54, 1.807) is 13.2 Å². The Bertz CT molecular complexity index is 572. The minimum absolute atomic E-state index is 0.235. The Hall–Kier alpha value is -1.22. The van der Waals surface area contributed by atoms with Crippen LogP contribution in [-0.4, -0.2) is 7.11 Å². The quantitative estimate of drug-likeness (QED) is 0.852. The van der Waals surface area contributed by atoms with Crippen LogP contribution < -0.4 is 10.1 Å². The molecule has 0 heterocycles. The van der Waals surface area contributed by atoms with Crippen molar-refractivity contribution in [2.45, 2.75) is 19.5 Å². The van der Waals surface area contributed by atoms with Gasteiger partial charge < -0.3 is 10.1 Å². The first-order valence-electron chi connectivity index (χ1n) is 6.42.